The van der Waals surface area contributed by atoms with Gasteiger partial charge >= 0.3 is 0 Å². The highest BCUT2D eigenvalue weighted by Crippen LogP contribution is 2.21. The van der Waals surface area contributed by atoms with Gasteiger partial charge < -0.3 is 4.90 Å². The summed E-state index contributed by atoms with van der Waals surface area (Å²) in [4.78, 5) is 16.6. The second-order valence-corrected chi connectivity index (χ2v) is 6.98. The van der Waals surface area contributed by atoms with E-state index >= 15 is 0 Å². The van der Waals surface area contributed by atoms with Crippen LogP contribution in [0.3, 0.4) is 0 Å². The van der Waals surface area contributed by atoms with Crippen LogP contribution in [0.2, 0.25) is 0 Å². The van der Waals surface area contributed by atoms with Crippen molar-refractivity contribution >= 4 is 5.91 Å². The van der Waals surface area contributed by atoms with Crippen LogP contribution in [0.1, 0.15) is 54.4 Å². The first-order chi connectivity index (χ1) is 7.62. The summed E-state index contributed by atoms with van der Waals surface area (Å²) in [6, 6.07) is 0. The van der Waals surface area contributed by atoms with Crippen molar-refractivity contribution in [2.75, 3.05) is 19.6 Å². The van der Waals surface area contributed by atoms with E-state index in [1.54, 1.807) is 0 Å². The Kier molecular flexibility index (Phi) is 4.23. The molecule has 0 aromatic heterocycles. The van der Waals surface area contributed by atoms with Crippen molar-refractivity contribution in [1.82, 2.24) is 9.80 Å². The van der Waals surface area contributed by atoms with E-state index < -0.39 is 0 Å². The van der Waals surface area contributed by atoms with Crippen molar-refractivity contribution in [1.29, 1.82) is 0 Å². The van der Waals surface area contributed by atoms with E-state index in [9.17, 15) is 4.79 Å². The zero-order valence-corrected chi connectivity index (χ0v) is 12.3. The molecule has 0 bridgehead atoms. The normalized spacial score (nSPS) is 21.3. The number of hydrogen-bond acceptors (Lipinski definition) is 2. The SMILES string of the molecule is CC(C)(C)N1CCCC(=O)N(C(C)(C)C)CC1. The molecule has 0 aromatic carbocycles. The molecule has 0 unspecified atom stereocenters. The monoisotopic (exact) mass is 240 g/mol. The standard InChI is InChI=1S/C14H28N2O/c1-13(2,3)15-9-7-8-12(17)16(11-10-15)14(4,5)6/h7-11H2,1-6H3. The van der Waals surface area contributed by atoms with Gasteiger partial charge in [0.2, 0.25) is 5.91 Å². The summed E-state index contributed by atoms with van der Waals surface area (Å²) in [5.41, 5.74) is 0.141. The average molecular weight is 240 g/mol. The van der Waals surface area contributed by atoms with Gasteiger partial charge in [-0.25, -0.2) is 0 Å². The number of rotatable bonds is 0. The second kappa shape index (κ2) is 4.97. The maximum Gasteiger partial charge on any atom is 0.223 e. The van der Waals surface area contributed by atoms with Gasteiger partial charge in [-0.15, -0.1) is 0 Å². The summed E-state index contributed by atoms with van der Waals surface area (Å²) < 4.78 is 0. The molecule has 3 heteroatoms. The second-order valence-electron chi connectivity index (χ2n) is 6.98. The third-order valence-electron chi connectivity index (χ3n) is 3.47. The third kappa shape index (κ3) is 3.98. The predicted molar refractivity (Wildman–Crippen MR) is 72.0 cm³/mol. The number of amides is 1. The molecule has 1 saturated heterocycles. The molecule has 0 aromatic rings. The zero-order chi connectivity index (χ0) is 13.3. The van der Waals surface area contributed by atoms with E-state index in [-0.39, 0.29) is 11.1 Å². The van der Waals surface area contributed by atoms with Gasteiger partial charge in [0, 0.05) is 30.6 Å². The Morgan fingerprint density at radius 1 is 0.882 bits per heavy atom. The summed E-state index contributed by atoms with van der Waals surface area (Å²) in [5.74, 6) is 0.311. The van der Waals surface area contributed by atoms with Crippen LogP contribution < -0.4 is 0 Å². The lowest BCUT2D eigenvalue weighted by molar-refractivity contribution is -0.137. The molecule has 0 aliphatic carbocycles. The Hall–Kier alpha value is -0.570. The highest BCUT2D eigenvalue weighted by Gasteiger charge is 2.30. The van der Waals surface area contributed by atoms with Gasteiger partial charge in [-0.3, -0.25) is 9.69 Å². The maximum absolute atomic E-state index is 12.1. The Morgan fingerprint density at radius 3 is 1.94 bits per heavy atom. The number of hydrogen-bond donors (Lipinski definition) is 0. The molecule has 1 amide bonds. The quantitative estimate of drug-likeness (QED) is 0.649. The summed E-state index contributed by atoms with van der Waals surface area (Å²) in [6.45, 7) is 16.0. The van der Waals surface area contributed by atoms with Crippen LogP contribution in [0.4, 0.5) is 0 Å². The molecule has 1 rings (SSSR count). The first kappa shape index (κ1) is 14.5. The zero-order valence-electron chi connectivity index (χ0n) is 12.3. The third-order valence-corrected chi connectivity index (χ3v) is 3.47. The van der Waals surface area contributed by atoms with Gasteiger partial charge in [-0.2, -0.15) is 0 Å². The molecule has 0 spiro atoms. The van der Waals surface area contributed by atoms with Crippen LogP contribution in [-0.2, 0) is 4.79 Å². The van der Waals surface area contributed by atoms with Gasteiger partial charge in [0.1, 0.15) is 0 Å². The smallest absolute Gasteiger partial charge is 0.223 e. The lowest BCUT2D eigenvalue weighted by atomic mass is 10.0. The fourth-order valence-electron chi connectivity index (χ4n) is 2.39. The molecule has 3 nitrogen and oxygen atoms in total. The van der Waals surface area contributed by atoms with Crippen LogP contribution in [0.25, 0.3) is 0 Å². The minimum Gasteiger partial charge on any atom is -0.337 e. The minimum atomic E-state index is -0.0576. The Morgan fingerprint density at radius 2 is 1.47 bits per heavy atom. The topological polar surface area (TPSA) is 23.6 Å². The molecular formula is C14H28N2O. The highest BCUT2D eigenvalue weighted by molar-refractivity contribution is 5.77. The van der Waals surface area contributed by atoms with Crippen molar-refractivity contribution in [3.8, 4) is 0 Å². The van der Waals surface area contributed by atoms with Crippen LogP contribution in [0.5, 0.6) is 0 Å². The molecular weight excluding hydrogens is 212 g/mol. The van der Waals surface area contributed by atoms with Crippen molar-refractivity contribution in [2.45, 2.75) is 65.5 Å². The van der Waals surface area contributed by atoms with E-state index in [4.69, 9.17) is 0 Å². The van der Waals surface area contributed by atoms with Gasteiger partial charge in [0.05, 0.1) is 0 Å². The molecule has 0 radical (unpaired) electrons. The van der Waals surface area contributed by atoms with E-state index in [0.717, 1.165) is 26.1 Å². The minimum absolute atomic E-state index is 0.0576. The fourth-order valence-corrected chi connectivity index (χ4v) is 2.39. The molecule has 0 atom stereocenters. The number of nitrogens with zero attached hydrogens (tertiary/aromatic N) is 2. The van der Waals surface area contributed by atoms with Crippen LogP contribution in [0.15, 0.2) is 0 Å². The van der Waals surface area contributed by atoms with E-state index in [1.807, 2.05) is 4.90 Å². The predicted octanol–water partition coefficient (Wildman–Crippen LogP) is 2.51. The van der Waals surface area contributed by atoms with Crippen LogP contribution in [-0.4, -0.2) is 46.4 Å². The van der Waals surface area contributed by atoms with Crippen LogP contribution >= 0.6 is 0 Å². The van der Waals surface area contributed by atoms with Crippen molar-refractivity contribution in [3.05, 3.63) is 0 Å². The molecule has 1 fully saturated rings. The molecule has 100 valence electrons. The summed E-state index contributed by atoms with van der Waals surface area (Å²) in [5, 5.41) is 0. The van der Waals surface area contributed by atoms with Crippen LogP contribution in [0, 0.1) is 0 Å². The van der Waals surface area contributed by atoms with E-state index in [0.29, 0.717) is 12.3 Å². The van der Waals surface area contributed by atoms with Gasteiger partial charge in [-0.05, 0) is 54.5 Å². The largest absolute Gasteiger partial charge is 0.337 e. The molecule has 1 aliphatic rings. The van der Waals surface area contributed by atoms with Crippen molar-refractivity contribution < 1.29 is 4.79 Å². The fraction of sp³-hybridized carbons (Fsp3) is 0.929. The van der Waals surface area contributed by atoms with E-state index in [1.165, 1.54) is 0 Å². The van der Waals surface area contributed by atoms with Gasteiger partial charge in [0.25, 0.3) is 0 Å². The highest BCUT2D eigenvalue weighted by atomic mass is 16.2. The Labute approximate surface area is 106 Å². The van der Waals surface area contributed by atoms with Crippen molar-refractivity contribution in [3.63, 3.8) is 0 Å². The molecule has 1 heterocycles. The first-order valence-corrected chi connectivity index (χ1v) is 6.68. The van der Waals surface area contributed by atoms with E-state index in [2.05, 4.69) is 46.4 Å². The summed E-state index contributed by atoms with van der Waals surface area (Å²) >= 11 is 0. The number of carbonyl (C=O) groups is 1. The maximum atomic E-state index is 12.1. The average Bonchev–Trinajstić information content (AvgIpc) is 2.06. The summed E-state index contributed by atoms with van der Waals surface area (Å²) in [7, 11) is 0. The molecule has 0 N–H and O–H groups in total. The lowest BCUT2D eigenvalue weighted by Crippen LogP contribution is -2.53. The van der Waals surface area contributed by atoms with Crippen molar-refractivity contribution in [2.24, 2.45) is 0 Å². The summed E-state index contributed by atoms with van der Waals surface area (Å²) in [6.07, 6.45) is 1.66. The van der Waals surface area contributed by atoms with Gasteiger partial charge in [0.15, 0.2) is 0 Å². The Bertz CT molecular complexity index is 273. The first-order valence-electron chi connectivity index (χ1n) is 6.68. The molecule has 0 saturated carbocycles. The molecule has 1 aliphatic heterocycles. The molecule has 17 heavy (non-hydrogen) atoms. The number of carbonyl (C=O) groups excluding carboxylic acids is 1. The Balaban J connectivity index is 2.75. The van der Waals surface area contributed by atoms with Gasteiger partial charge in [-0.1, -0.05) is 0 Å². The lowest BCUT2D eigenvalue weighted by Gasteiger charge is -2.43.